The van der Waals surface area contributed by atoms with Gasteiger partial charge in [-0.1, -0.05) is 12.1 Å². The number of nitrogens with zero attached hydrogens (tertiary/aromatic N) is 2. The summed E-state index contributed by atoms with van der Waals surface area (Å²) >= 11 is 0. The lowest BCUT2D eigenvalue weighted by Gasteiger charge is -2.37. The summed E-state index contributed by atoms with van der Waals surface area (Å²) in [6, 6.07) is 8.43. The summed E-state index contributed by atoms with van der Waals surface area (Å²) in [5, 5.41) is 2.98. The number of benzene rings is 1. The summed E-state index contributed by atoms with van der Waals surface area (Å²) < 4.78 is 44.5. The van der Waals surface area contributed by atoms with Gasteiger partial charge in [-0.25, -0.2) is 4.98 Å². The lowest BCUT2D eigenvalue weighted by atomic mass is 9.72. The molecule has 1 N–H and O–H groups in total. The number of carbonyl (C=O) groups excluding carboxylic acids is 2. The van der Waals surface area contributed by atoms with E-state index < -0.39 is 11.7 Å². The van der Waals surface area contributed by atoms with Crippen LogP contribution in [0.5, 0.6) is 5.88 Å². The Hall–Kier alpha value is -3.36. The highest BCUT2D eigenvalue weighted by Gasteiger charge is 2.43. The van der Waals surface area contributed by atoms with Crippen LogP contribution in [-0.2, 0) is 11.0 Å². The zero-order valence-corrected chi connectivity index (χ0v) is 21.2. The quantitative estimate of drug-likeness (QED) is 0.483. The number of halogens is 3. The van der Waals surface area contributed by atoms with E-state index in [1.807, 2.05) is 4.90 Å². The van der Waals surface area contributed by atoms with E-state index in [0.29, 0.717) is 42.6 Å². The van der Waals surface area contributed by atoms with Gasteiger partial charge in [0, 0.05) is 31.4 Å². The van der Waals surface area contributed by atoms with Gasteiger partial charge in [-0.15, -0.1) is 0 Å². The van der Waals surface area contributed by atoms with Gasteiger partial charge in [0.15, 0.2) is 0 Å². The van der Waals surface area contributed by atoms with Crippen LogP contribution in [0.2, 0.25) is 0 Å². The fraction of sp³-hybridized carbons (Fsp3) is 0.483. The lowest BCUT2D eigenvalue weighted by molar-refractivity contribution is -0.137. The van der Waals surface area contributed by atoms with Crippen LogP contribution >= 0.6 is 0 Å². The molecule has 2 aliphatic carbocycles. The van der Waals surface area contributed by atoms with Gasteiger partial charge in [-0.3, -0.25) is 9.59 Å². The topological polar surface area (TPSA) is 71.5 Å². The van der Waals surface area contributed by atoms with Crippen molar-refractivity contribution >= 4 is 17.9 Å². The maximum Gasteiger partial charge on any atom is 0.416 e. The first-order valence-electron chi connectivity index (χ1n) is 13.2. The second kappa shape index (κ2) is 10.8. The highest BCUT2D eigenvalue weighted by atomic mass is 19.4. The maximum atomic E-state index is 13.3. The van der Waals surface area contributed by atoms with Crippen LogP contribution in [0.25, 0.3) is 6.08 Å². The molecule has 5 rings (SSSR count). The summed E-state index contributed by atoms with van der Waals surface area (Å²) in [4.78, 5) is 31.9. The van der Waals surface area contributed by atoms with Gasteiger partial charge in [0.2, 0.25) is 11.8 Å². The van der Waals surface area contributed by atoms with Crippen LogP contribution in [0.15, 0.2) is 48.7 Å². The molecule has 3 aliphatic rings. The van der Waals surface area contributed by atoms with E-state index in [0.717, 1.165) is 44.2 Å². The monoisotopic (exact) mass is 527 g/mol. The van der Waals surface area contributed by atoms with E-state index >= 15 is 0 Å². The molecule has 1 saturated heterocycles. The highest BCUT2D eigenvalue weighted by molar-refractivity contribution is 5.96. The van der Waals surface area contributed by atoms with Crippen molar-refractivity contribution in [2.24, 2.45) is 11.3 Å². The van der Waals surface area contributed by atoms with Crippen molar-refractivity contribution in [1.82, 2.24) is 15.2 Å². The minimum Gasteiger partial charge on any atom is -0.477 e. The predicted molar refractivity (Wildman–Crippen MR) is 136 cm³/mol. The number of rotatable bonds is 7. The van der Waals surface area contributed by atoms with Crippen LogP contribution in [0.4, 0.5) is 13.2 Å². The molecule has 38 heavy (non-hydrogen) atoms. The molecule has 0 unspecified atom stereocenters. The van der Waals surface area contributed by atoms with Gasteiger partial charge in [-0.2, -0.15) is 13.2 Å². The van der Waals surface area contributed by atoms with E-state index in [1.165, 1.54) is 37.1 Å². The van der Waals surface area contributed by atoms with Crippen LogP contribution in [0, 0.1) is 11.3 Å². The number of amides is 2. The third kappa shape index (κ3) is 6.37. The molecule has 9 heteroatoms. The van der Waals surface area contributed by atoms with Crippen molar-refractivity contribution in [2.45, 2.75) is 57.2 Å². The number of likely N-dealkylation sites (tertiary alicyclic amines) is 1. The highest BCUT2D eigenvalue weighted by Crippen LogP contribution is 2.44. The molecule has 0 bridgehead atoms. The fourth-order valence-corrected chi connectivity index (χ4v) is 5.45. The molecule has 1 aromatic carbocycles. The first-order valence-corrected chi connectivity index (χ1v) is 13.2. The Morgan fingerprint density at radius 1 is 1.11 bits per heavy atom. The van der Waals surface area contributed by atoms with E-state index in [-0.39, 0.29) is 23.3 Å². The van der Waals surface area contributed by atoms with Crippen LogP contribution in [0.3, 0.4) is 0 Å². The Labute approximate surface area is 220 Å². The second-order valence-electron chi connectivity index (χ2n) is 10.8. The van der Waals surface area contributed by atoms with E-state index in [9.17, 15) is 22.8 Å². The van der Waals surface area contributed by atoms with Gasteiger partial charge in [-0.05, 0) is 92.2 Å². The van der Waals surface area contributed by atoms with Gasteiger partial charge in [0.25, 0.3) is 5.91 Å². The Morgan fingerprint density at radius 3 is 2.63 bits per heavy atom. The van der Waals surface area contributed by atoms with Crippen molar-refractivity contribution in [3.8, 4) is 5.88 Å². The first-order chi connectivity index (χ1) is 18.2. The van der Waals surface area contributed by atoms with Gasteiger partial charge in [0.1, 0.15) is 5.56 Å². The minimum absolute atomic E-state index is 0.00443. The Balaban J connectivity index is 1.11. The Bertz CT molecular complexity index is 1200. The molecular formula is C29H32F3N3O3. The number of ether oxygens (including phenoxy) is 1. The van der Waals surface area contributed by atoms with Crippen LogP contribution < -0.4 is 10.1 Å². The predicted octanol–water partition coefficient (Wildman–Crippen LogP) is 5.49. The Morgan fingerprint density at radius 2 is 1.89 bits per heavy atom. The van der Waals surface area contributed by atoms with Gasteiger partial charge >= 0.3 is 6.18 Å². The molecule has 2 heterocycles. The molecule has 1 aliphatic heterocycles. The zero-order valence-electron chi connectivity index (χ0n) is 21.2. The van der Waals surface area contributed by atoms with Crippen molar-refractivity contribution in [3.05, 3.63) is 65.4 Å². The normalized spacial score (nSPS) is 23.7. The number of carbonyl (C=O) groups is 2. The summed E-state index contributed by atoms with van der Waals surface area (Å²) in [5.41, 5.74) is 0.135. The van der Waals surface area contributed by atoms with E-state index in [1.54, 1.807) is 18.3 Å². The lowest BCUT2D eigenvalue weighted by Crippen LogP contribution is -2.41. The van der Waals surface area contributed by atoms with Crippen LogP contribution in [-0.4, -0.2) is 47.4 Å². The maximum absolute atomic E-state index is 13.3. The third-order valence-corrected chi connectivity index (χ3v) is 7.91. The standard InChI is InChI=1S/C29H32F3N3O3/c30-29(31,32)22-4-1-3-20(17-22)8-9-25(36)34-23-10-12-28(13-11-23)14-16-35(19-28)27(37)24-5-2-15-33-26(24)38-18-21-6-7-21/h1-5,8-9,15,17,21,23H,6-7,10-14,16,18-19H2,(H,34,36)/b9-8+. The smallest absolute Gasteiger partial charge is 0.416 e. The summed E-state index contributed by atoms with van der Waals surface area (Å²) in [7, 11) is 0. The number of aromatic nitrogens is 1. The van der Waals surface area contributed by atoms with Crippen molar-refractivity contribution in [2.75, 3.05) is 19.7 Å². The number of alkyl halides is 3. The number of nitrogens with one attached hydrogen (secondary N) is 1. The largest absolute Gasteiger partial charge is 0.477 e. The zero-order chi connectivity index (χ0) is 26.8. The molecule has 202 valence electrons. The van der Waals surface area contributed by atoms with Crippen molar-refractivity contribution in [3.63, 3.8) is 0 Å². The van der Waals surface area contributed by atoms with Crippen molar-refractivity contribution < 1.29 is 27.5 Å². The van der Waals surface area contributed by atoms with E-state index in [2.05, 4.69) is 10.3 Å². The molecule has 0 radical (unpaired) electrons. The molecule has 6 nitrogen and oxygen atoms in total. The summed E-state index contributed by atoms with van der Waals surface area (Å²) in [6.45, 7) is 1.97. The van der Waals surface area contributed by atoms with Gasteiger partial charge in [0.05, 0.1) is 12.2 Å². The van der Waals surface area contributed by atoms with Gasteiger partial charge < -0.3 is 15.0 Å². The third-order valence-electron chi connectivity index (χ3n) is 7.91. The SMILES string of the molecule is O=C(/C=C/c1cccc(C(F)(F)F)c1)NC1CCC2(CC1)CCN(C(=O)c1cccnc1OCC1CC1)C2. The molecule has 1 spiro atoms. The molecule has 2 saturated carbocycles. The average molecular weight is 528 g/mol. The fourth-order valence-electron chi connectivity index (χ4n) is 5.45. The molecule has 0 atom stereocenters. The molecule has 1 aromatic heterocycles. The summed E-state index contributed by atoms with van der Waals surface area (Å²) in [6.07, 6.45) is 6.56. The number of hydrogen-bond donors (Lipinski definition) is 1. The number of hydrogen-bond acceptors (Lipinski definition) is 4. The van der Waals surface area contributed by atoms with Crippen LogP contribution in [0.1, 0.15) is 66.4 Å². The van der Waals surface area contributed by atoms with Crippen molar-refractivity contribution in [1.29, 1.82) is 0 Å². The number of pyridine rings is 1. The molecule has 2 aromatic rings. The van der Waals surface area contributed by atoms with E-state index in [4.69, 9.17) is 4.74 Å². The second-order valence-corrected chi connectivity index (χ2v) is 10.8. The average Bonchev–Trinajstić information content (AvgIpc) is 3.66. The first kappa shape index (κ1) is 26.3. The molecule has 2 amide bonds. The summed E-state index contributed by atoms with van der Waals surface area (Å²) in [5.74, 6) is 0.620. The Kier molecular flexibility index (Phi) is 7.45. The minimum atomic E-state index is -4.42. The molecule has 3 fully saturated rings. The molecular weight excluding hydrogens is 495 g/mol.